The van der Waals surface area contributed by atoms with Gasteiger partial charge in [-0.1, -0.05) is 26.0 Å². The average Bonchev–Trinajstić information content (AvgIpc) is 2.79. The first-order chi connectivity index (χ1) is 14.9. The monoisotopic (exact) mass is 441 g/mol. The molecule has 0 N–H and O–H groups in total. The highest BCUT2D eigenvalue weighted by Crippen LogP contribution is 2.23. The molecule has 8 heteroatoms. The van der Waals surface area contributed by atoms with E-state index >= 15 is 0 Å². The minimum Gasteiger partial charge on any atom is -0.302 e. The molecular formula is C23H24FN3O3S. The van der Waals surface area contributed by atoms with Gasteiger partial charge in [-0.3, -0.25) is 9.78 Å². The second kappa shape index (κ2) is 9.80. The first-order valence-electron chi connectivity index (χ1n) is 9.94. The van der Waals surface area contributed by atoms with Crippen LogP contribution in [0.2, 0.25) is 0 Å². The molecule has 1 amide bonds. The van der Waals surface area contributed by atoms with Crippen LogP contribution in [0.1, 0.15) is 29.9 Å². The van der Waals surface area contributed by atoms with Crippen molar-refractivity contribution in [2.75, 3.05) is 18.0 Å². The fourth-order valence-electron chi connectivity index (χ4n) is 3.21. The molecule has 0 saturated carbocycles. The molecule has 3 aromatic rings. The van der Waals surface area contributed by atoms with Crippen molar-refractivity contribution in [3.63, 3.8) is 0 Å². The zero-order chi connectivity index (χ0) is 22.4. The van der Waals surface area contributed by atoms with Gasteiger partial charge in [0.15, 0.2) is 0 Å². The zero-order valence-corrected chi connectivity index (χ0v) is 18.2. The van der Waals surface area contributed by atoms with E-state index < -0.39 is 21.7 Å². The number of sulfonamides is 1. The summed E-state index contributed by atoms with van der Waals surface area (Å²) in [5, 5.41) is 0. The maximum Gasteiger partial charge on any atom is 0.258 e. The number of carbonyl (C=O) groups excluding carboxylic acids is 1. The molecule has 1 heterocycles. The van der Waals surface area contributed by atoms with Crippen LogP contribution in [-0.2, 0) is 16.6 Å². The van der Waals surface area contributed by atoms with Crippen molar-refractivity contribution >= 4 is 21.6 Å². The topological polar surface area (TPSA) is 70.6 Å². The minimum atomic E-state index is -3.71. The third kappa shape index (κ3) is 5.15. The van der Waals surface area contributed by atoms with Crippen LogP contribution in [0.25, 0.3) is 0 Å². The Bertz CT molecular complexity index is 1130. The van der Waals surface area contributed by atoms with Gasteiger partial charge in [0.2, 0.25) is 10.0 Å². The lowest BCUT2D eigenvalue weighted by Gasteiger charge is -2.23. The normalized spacial score (nSPS) is 11.5. The number of hydrogen-bond acceptors (Lipinski definition) is 4. The van der Waals surface area contributed by atoms with Crippen molar-refractivity contribution < 1.29 is 17.6 Å². The first-order valence-corrected chi connectivity index (χ1v) is 11.4. The molecule has 2 aromatic carbocycles. The van der Waals surface area contributed by atoms with E-state index in [4.69, 9.17) is 0 Å². The highest BCUT2D eigenvalue weighted by atomic mass is 32.2. The smallest absolute Gasteiger partial charge is 0.258 e. The van der Waals surface area contributed by atoms with E-state index in [1.807, 2.05) is 6.07 Å². The summed E-state index contributed by atoms with van der Waals surface area (Å²) in [7, 11) is -3.71. The fourth-order valence-corrected chi connectivity index (χ4v) is 4.72. The van der Waals surface area contributed by atoms with Crippen LogP contribution in [0.3, 0.4) is 0 Å². The quantitative estimate of drug-likeness (QED) is 0.528. The summed E-state index contributed by atoms with van der Waals surface area (Å²) in [6, 6.07) is 16.9. The van der Waals surface area contributed by atoms with E-state index in [9.17, 15) is 17.6 Å². The summed E-state index contributed by atoms with van der Waals surface area (Å²) in [6.45, 7) is 4.34. The molecule has 6 nitrogen and oxygen atoms in total. The van der Waals surface area contributed by atoms with Crippen LogP contribution in [-0.4, -0.2) is 36.7 Å². The van der Waals surface area contributed by atoms with Gasteiger partial charge in [-0.2, -0.15) is 4.31 Å². The first kappa shape index (κ1) is 22.6. The van der Waals surface area contributed by atoms with Crippen molar-refractivity contribution in [2.24, 2.45) is 0 Å². The summed E-state index contributed by atoms with van der Waals surface area (Å²) in [6.07, 6.45) is 1.62. The molecule has 0 atom stereocenters. The SMILES string of the molecule is CCN(CC)S(=O)(=O)c1cccc(C(=O)N(Cc2ccccn2)c2ccc(F)cc2)c1. The molecule has 0 fully saturated rings. The number of aromatic nitrogens is 1. The van der Waals surface area contributed by atoms with Crippen LogP contribution in [0.4, 0.5) is 10.1 Å². The van der Waals surface area contributed by atoms with E-state index in [1.165, 1.54) is 45.6 Å². The van der Waals surface area contributed by atoms with Crippen LogP contribution >= 0.6 is 0 Å². The molecule has 1 aromatic heterocycles. The number of amides is 1. The Morgan fingerprint density at radius 1 is 0.968 bits per heavy atom. The van der Waals surface area contributed by atoms with Gasteiger partial charge in [0, 0.05) is 30.5 Å². The largest absolute Gasteiger partial charge is 0.302 e. The molecule has 0 unspecified atom stereocenters. The summed E-state index contributed by atoms with van der Waals surface area (Å²) in [4.78, 5) is 19.2. The molecule has 0 spiro atoms. The highest BCUT2D eigenvalue weighted by Gasteiger charge is 2.24. The van der Waals surface area contributed by atoms with Gasteiger partial charge in [0.05, 0.1) is 17.1 Å². The molecule has 0 radical (unpaired) electrons. The number of hydrogen-bond donors (Lipinski definition) is 0. The second-order valence-corrected chi connectivity index (χ2v) is 8.74. The Kier molecular flexibility index (Phi) is 7.14. The van der Waals surface area contributed by atoms with Gasteiger partial charge in [-0.25, -0.2) is 12.8 Å². The number of anilines is 1. The van der Waals surface area contributed by atoms with Gasteiger partial charge in [0.1, 0.15) is 5.82 Å². The van der Waals surface area contributed by atoms with Crippen molar-refractivity contribution in [2.45, 2.75) is 25.3 Å². The minimum absolute atomic E-state index is 0.0546. The molecule has 0 aliphatic rings. The number of nitrogens with zero attached hydrogens (tertiary/aromatic N) is 3. The van der Waals surface area contributed by atoms with Crippen molar-refractivity contribution in [3.8, 4) is 0 Å². The van der Waals surface area contributed by atoms with E-state index in [1.54, 1.807) is 44.3 Å². The summed E-state index contributed by atoms with van der Waals surface area (Å²) >= 11 is 0. The fraction of sp³-hybridized carbons (Fsp3) is 0.217. The second-order valence-electron chi connectivity index (χ2n) is 6.81. The Morgan fingerprint density at radius 3 is 2.29 bits per heavy atom. The molecule has 31 heavy (non-hydrogen) atoms. The number of pyridine rings is 1. The van der Waals surface area contributed by atoms with Crippen molar-refractivity contribution in [1.82, 2.24) is 9.29 Å². The predicted molar refractivity (Wildman–Crippen MR) is 118 cm³/mol. The maximum absolute atomic E-state index is 13.4. The van der Waals surface area contributed by atoms with E-state index in [2.05, 4.69) is 4.98 Å². The summed E-state index contributed by atoms with van der Waals surface area (Å²) in [5.41, 5.74) is 1.34. The van der Waals surface area contributed by atoms with Crippen LogP contribution in [0, 0.1) is 5.82 Å². The third-order valence-electron chi connectivity index (χ3n) is 4.85. The Balaban J connectivity index is 2.01. The molecular weight excluding hydrogens is 417 g/mol. The predicted octanol–water partition coefficient (Wildman–Crippen LogP) is 4.10. The van der Waals surface area contributed by atoms with E-state index in [-0.39, 0.29) is 17.0 Å². The molecule has 0 aliphatic carbocycles. The lowest BCUT2D eigenvalue weighted by molar-refractivity contribution is 0.0984. The molecule has 162 valence electrons. The molecule has 0 saturated heterocycles. The lowest BCUT2D eigenvalue weighted by atomic mass is 10.1. The van der Waals surface area contributed by atoms with Crippen LogP contribution in [0.5, 0.6) is 0 Å². The Morgan fingerprint density at radius 2 is 1.68 bits per heavy atom. The van der Waals surface area contributed by atoms with Gasteiger partial charge < -0.3 is 4.90 Å². The molecule has 0 aliphatic heterocycles. The summed E-state index contributed by atoms with van der Waals surface area (Å²) in [5.74, 6) is -0.824. The van der Waals surface area contributed by atoms with Gasteiger partial charge in [-0.05, 0) is 54.6 Å². The van der Waals surface area contributed by atoms with E-state index in [0.717, 1.165) is 0 Å². The third-order valence-corrected chi connectivity index (χ3v) is 6.90. The zero-order valence-electron chi connectivity index (χ0n) is 17.4. The van der Waals surface area contributed by atoms with Crippen LogP contribution in [0.15, 0.2) is 77.8 Å². The standard InChI is InChI=1S/C23H24FN3O3S/c1-3-26(4-2)31(29,30)22-10-7-8-18(16-22)23(28)27(17-20-9-5-6-15-25-20)21-13-11-19(24)12-14-21/h5-16H,3-4,17H2,1-2H3. The van der Waals surface area contributed by atoms with Gasteiger partial charge in [-0.15, -0.1) is 0 Å². The lowest BCUT2D eigenvalue weighted by Crippen LogP contribution is -2.32. The van der Waals surface area contributed by atoms with Crippen molar-refractivity contribution in [1.29, 1.82) is 0 Å². The number of rotatable bonds is 8. The van der Waals surface area contributed by atoms with Gasteiger partial charge in [0.25, 0.3) is 5.91 Å². The number of benzene rings is 2. The molecule has 3 rings (SSSR count). The Hall–Kier alpha value is -3.10. The summed E-state index contributed by atoms with van der Waals surface area (Å²) < 4.78 is 40.6. The number of halogens is 1. The van der Waals surface area contributed by atoms with Crippen molar-refractivity contribution in [3.05, 3.63) is 90.0 Å². The average molecular weight is 442 g/mol. The van der Waals surface area contributed by atoms with E-state index in [0.29, 0.717) is 24.5 Å². The Labute approximate surface area is 182 Å². The number of carbonyl (C=O) groups is 1. The maximum atomic E-state index is 13.4. The highest BCUT2D eigenvalue weighted by molar-refractivity contribution is 7.89. The molecule has 0 bridgehead atoms. The van der Waals surface area contributed by atoms with Gasteiger partial charge >= 0.3 is 0 Å². The van der Waals surface area contributed by atoms with Crippen LogP contribution < -0.4 is 4.90 Å².